The number of alkyl carbamates (subject to hydrolysis) is 1. The van der Waals surface area contributed by atoms with Crippen LogP contribution in [-0.2, 0) is 16.0 Å². The van der Waals surface area contributed by atoms with Crippen LogP contribution in [0.4, 0.5) is 9.93 Å². The second kappa shape index (κ2) is 9.19. The highest BCUT2D eigenvalue weighted by atomic mass is 35.5. The predicted octanol–water partition coefficient (Wildman–Crippen LogP) is 4.55. The summed E-state index contributed by atoms with van der Waals surface area (Å²) in [6, 6.07) is 5.92. The van der Waals surface area contributed by atoms with E-state index in [-0.39, 0.29) is 18.9 Å². The summed E-state index contributed by atoms with van der Waals surface area (Å²) in [5.41, 5.74) is 1.49. The molecule has 0 aliphatic heterocycles. The minimum atomic E-state index is -0.566. The number of ether oxygens (including phenoxy) is 1. The lowest BCUT2D eigenvalue weighted by Gasteiger charge is -2.19. The lowest BCUT2D eigenvalue weighted by molar-refractivity contribution is -0.116. The van der Waals surface area contributed by atoms with Crippen molar-refractivity contribution in [3.63, 3.8) is 0 Å². The van der Waals surface area contributed by atoms with E-state index < -0.39 is 11.7 Å². The average molecular weight is 410 g/mol. The quantitative estimate of drug-likeness (QED) is 0.733. The lowest BCUT2D eigenvalue weighted by atomic mass is 10.1. The summed E-state index contributed by atoms with van der Waals surface area (Å²) in [4.78, 5) is 28.8. The van der Waals surface area contributed by atoms with Crippen LogP contribution in [0, 0.1) is 6.92 Å². The van der Waals surface area contributed by atoms with Gasteiger partial charge in [-0.25, -0.2) is 9.78 Å². The maximum Gasteiger partial charge on any atom is 0.407 e. The molecule has 146 valence electrons. The van der Waals surface area contributed by atoms with Gasteiger partial charge in [-0.1, -0.05) is 29.8 Å². The molecule has 0 bridgehead atoms. The summed E-state index contributed by atoms with van der Waals surface area (Å²) < 4.78 is 5.11. The summed E-state index contributed by atoms with van der Waals surface area (Å²) in [6.07, 6.45) is 1.99. The van der Waals surface area contributed by atoms with Crippen LogP contribution >= 0.6 is 22.9 Å². The number of halogens is 1. The van der Waals surface area contributed by atoms with E-state index in [1.807, 2.05) is 25.1 Å². The van der Waals surface area contributed by atoms with Crippen LogP contribution in [0.5, 0.6) is 0 Å². The molecule has 2 amide bonds. The van der Waals surface area contributed by atoms with Crippen LogP contribution in [0.3, 0.4) is 0 Å². The summed E-state index contributed by atoms with van der Waals surface area (Å²) in [5, 5.41) is 6.57. The van der Waals surface area contributed by atoms with Gasteiger partial charge in [-0.2, -0.15) is 0 Å². The Labute approximate surface area is 168 Å². The second-order valence-corrected chi connectivity index (χ2v) is 8.58. The van der Waals surface area contributed by atoms with Gasteiger partial charge in [0.2, 0.25) is 5.91 Å². The first kappa shape index (κ1) is 21.2. The monoisotopic (exact) mass is 409 g/mol. The van der Waals surface area contributed by atoms with Crippen molar-refractivity contribution >= 4 is 40.1 Å². The van der Waals surface area contributed by atoms with Gasteiger partial charge in [0.15, 0.2) is 5.13 Å². The fourth-order valence-electron chi connectivity index (χ4n) is 2.25. The van der Waals surface area contributed by atoms with Gasteiger partial charge in [0.1, 0.15) is 5.60 Å². The molecule has 1 heterocycles. The molecule has 0 saturated carbocycles. The zero-order valence-corrected chi connectivity index (χ0v) is 17.5. The molecule has 0 aliphatic carbocycles. The largest absolute Gasteiger partial charge is 0.444 e. The molecule has 2 aromatic rings. The van der Waals surface area contributed by atoms with Crippen molar-refractivity contribution in [3.05, 3.63) is 45.4 Å². The second-order valence-electron chi connectivity index (χ2n) is 7.08. The van der Waals surface area contributed by atoms with Crippen LogP contribution in [0.15, 0.2) is 24.4 Å². The molecule has 1 aromatic heterocycles. The van der Waals surface area contributed by atoms with Crippen molar-refractivity contribution in [2.75, 3.05) is 11.9 Å². The maximum absolute atomic E-state index is 12.0. The maximum atomic E-state index is 12.0. The topological polar surface area (TPSA) is 80.3 Å². The van der Waals surface area contributed by atoms with E-state index in [0.29, 0.717) is 11.6 Å². The Morgan fingerprint density at radius 3 is 2.74 bits per heavy atom. The highest BCUT2D eigenvalue weighted by Gasteiger charge is 2.16. The summed E-state index contributed by atoms with van der Waals surface area (Å²) in [5.74, 6) is -0.222. The first-order valence-electron chi connectivity index (χ1n) is 8.59. The van der Waals surface area contributed by atoms with E-state index in [9.17, 15) is 9.59 Å². The lowest BCUT2D eigenvalue weighted by Crippen LogP contribution is -2.34. The van der Waals surface area contributed by atoms with E-state index in [1.54, 1.807) is 27.0 Å². The number of rotatable bonds is 6. The number of amides is 2. The Morgan fingerprint density at radius 1 is 1.30 bits per heavy atom. The Morgan fingerprint density at radius 2 is 2.04 bits per heavy atom. The molecule has 0 fully saturated rings. The van der Waals surface area contributed by atoms with Crippen molar-refractivity contribution in [2.45, 2.75) is 46.1 Å². The molecule has 6 nitrogen and oxygen atoms in total. The standard InChI is InChI=1S/C19H24ClN3O3S/c1-12-6-5-7-13(16(12)20)10-14-11-22-17(27-14)23-15(24)8-9-21-18(25)26-19(2,3)4/h5-7,11H,8-10H2,1-4H3,(H,21,25)(H,22,23,24). The third-order valence-corrected chi connectivity index (χ3v) is 4.91. The first-order valence-corrected chi connectivity index (χ1v) is 9.79. The minimum Gasteiger partial charge on any atom is -0.444 e. The smallest absolute Gasteiger partial charge is 0.407 e. The number of aryl methyl sites for hydroxylation is 1. The molecular formula is C19H24ClN3O3S. The summed E-state index contributed by atoms with van der Waals surface area (Å²) >= 11 is 7.73. The van der Waals surface area contributed by atoms with E-state index in [2.05, 4.69) is 15.6 Å². The summed E-state index contributed by atoms with van der Waals surface area (Å²) in [7, 11) is 0. The van der Waals surface area contributed by atoms with Crippen molar-refractivity contribution in [1.82, 2.24) is 10.3 Å². The number of benzene rings is 1. The predicted molar refractivity (Wildman–Crippen MR) is 109 cm³/mol. The van der Waals surface area contributed by atoms with Crippen molar-refractivity contribution < 1.29 is 14.3 Å². The number of hydrogen-bond acceptors (Lipinski definition) is 5. The number of hydrogen-bond donors (Lipinski definition) is 2. The molecule has 8 heteroatoms. The molecule has 2 N–H and O–H groups in total. The number of carbonyl (C=O) groups is 2. The van der Waals surface area contributed by atoms with E-state index in [4.69, 9.17) is 16.3 Å². The average Bonchev–Trinajstić information content (AvgIpc) is 2.97. The molecule has 0 aliphatic rings. The zero-order chi connectivity index (χ0) is 20.0. The van der Waals surface area contributed by atoms with E-state index >= 15 is 0 Å². The van der Waals surface area contributed by atoms with Crippen LogP contribution < -0.4 is 10.6 Å². The third-order valence-electron chi connectivity index (χ3n) is 3.46. The highest BCUT2D eigenvalue weighted by molar-refractivity contribution is 7.15. The molecular weight excluding hydrogens is 386 g/mol. The van der Waals surface area contributed by atoms with Gasteiger partial charge < -0.3 is 15.4 Å². The number of nitrogens with zero attached hydrogens (tertiary/aromatic N) is 1. The molecule has 1 aromatic carbocycles. The van der Waals surface area contributed by atoms with Crippen LogP contribution in [0.2, 0.25) is 5.02 Å². The van der Waals surface area contributed by atoms with Gasteiger partial charge in [-0.3, -0.25) is 4.79 Å². The summed E-state index contributed by atoms with van der Waals surface area (Å²) in [6.45, 7) is 7.50. The molecule has 0 radical (unpaired) electrons. The van der Waals surface area contributed by atoms with E-state index in [0.717, 1.165) is 21.0 Å². The normalized spacial score (nSPS) is 11.1. The highest BCUT2D eigenvalue weighted by Crippen LogP contribution is 2.26. The van der Waals surface area contributed by atoms with Crippen molar-refractivity contribution in [1.29, 1.82) is 0 Å². The Bertz CT molecular complexity index is 815. The van der Waals surface area contributed by atoms with Gasteiger partial charge in [-0.05, 0) is 38.8 Å². The van der Waals surface area contributed by atoms with Crippen LogP contribution in [0.1, 0.15) is 43.2 Å². The van der Waals surface area contributed by atoms with Crippen LogP contribution in [0.25, 0.3) is 0 Å². The molecule has 0 spiro atoms. The van der Waals surface area contributed by atoms with Crippen molar-refractivity contribution in [2.24, 2.45) is 0 Å². The Kier molecular flexibility index (Phi) is 7.21. The molecule has 2 rings (SSSR count). The SMILES string of the molecule is Cc1cccc(Cc2cnc(NC(=O)CCNC(=O)OC(C)(C)C)s2)c1Cl. The number of thiazole rings is 1. The fraction of sp³-hybridized carbons (Fsp3) is 0.421. The Hall–Kier alpha value is -2.12. The zero-order valence-electron chi connectivity index (χ0n) is 15.9. The minimum absolute atomic E-state index is 0.137. The molecule has 0 atom stereocenters. The number of aromatic nitrogens is 1. The van der Waals surface area contributed by atoms with Gasteiger partial charge in [0.05, 0.1) is 0 Å². The Balaban J connectivity index is 1.80. The van der Waals surface area contributed by atoms with Gasteiger partial charge in [-0.15, -0.1) is 11.3 Å². The van der Waals surface area contributed by atoms with Gasteiger partial charge in [0, 0.05) is 35.5 Å². The molecule has 27 heavy (non-hydrogen) atoms. The first-order chi connectivity index (χ1) is 12.6. The van der Waals surface area contributed by atoms with Gasteiger partial charge >= 0.3 is 6.09 Å². The molecule has 0 unspecified atom stereocenters. The number of carbonyl (C=O) groups excluding carboxylic acids is 2. The van der Waals surface area contributed by atoms with E-state index in [1.165, 1.54) is 11.3 Å². The van der Waals surface area contributed by atoms with Gasteiger partial charge in [0.25, 0.3) is 0 Å². The molecule has 0 saturated heterocycles. The van der Waals surface area contributed by atoms with Crippen molar-refractivity contribution in [3.8, 4) is 0 Å². The van der Waals surface area contributed by atoms with Crippen LogP contribution in [-0.4, -0.2) is 29.1 Å². The third kappa shape index (κ3) is 7.19. The fourth-order valence-corrected chi connectivity index (χ4v) is 3.30. The number of anilines is 1. The number of nitrogens with one attached hydrogen (secondary N) is 2.